The number of anilines is 3. The van der Waals surface area contributed by atoms with Crippen LogP contribution in [0.1, 0.15) is 67.5 Å². The number of aryl methyl sites for hydroxylation is 1. The maximum Gasteiger partial charge on any atom is 0.0547 e. The number of fused-ring (bicyclic) bond motifs is 15. The molecule has 3 aliphatic rings. The van der Waals surface area contributed by atoms with Crippen LogP contribution in [0.2, 0.25) is 0 Å². The molecule has 324 valence electrons. The highest BCUT2D eigenvalue weighted by atomic mass is 15.1. The maximum atomic E-state index is 2.55. The van der Waals surface area contributed by atoms with Gasteiger partial charge in [0, 0.05) is 44.4 Å². The standard InChI is InChI=1S/C66H50N2/c1-65(2)59-24-14-12-22-51(59)53-35-34-46(36-61(53)65)67(43-28-26-42(27-29-43)41-16-6-5-7-17-41)44-30-32-45(33-31-44)68-63-39-55-50-21-11-9-19-48(50)47-18-8-10-20-49(47)54(55)37-57(63)58-38-56-52-23-13-15-25-60(52)66(3,4)62(56)40-64(58)68/h5-9,11-19,21-40H,10,20H2,1-4H3. The second kappa shape index (κ2) is 14.3. The van der Waals surface area contributed by atoms with Gasteiger partial charge in [0.15, 0.2) is 0 Å². The third-order valence-electron chi connectivity index (χ3n) is 16.0. The largest absolute Gasteiger partial charge is 0.310 e. The number of benzene rings is 10. The fourth-order valence-corrected chi connectivity index (χ4v) is 12.6. The van der Waals surface area contributed by atoms with Crippen molar-refractivity contribution in [2.75, 3.05) is 4.90 Å². The van der Waals surface area contributed by atoms with Gasteiger partial charge in [-0.2, -0.15) is 0 Å². The van der Waals surface area contributed by atoms with Gasteiger partial charge in [0.2, 0.25) is 0 Å². The van der Waals surface area contributed by atoms with Crippen LogP contribution in [-0.2, 0) is 17.3 Å². The Hall–Kier alpha value is -7.94. The summed E-state index contributed by atoms with van der Waals surface area (Å²) in [6.07, 6.45) is 6.83. The van der Waals surface area contributed by atoms with Gasteiger partial charge in [0.1, 0.15) is 0 Å². The molecule has 0 spiro atoms. The lowest BCUT2D eigenvalue weighted by molar-refractivity contribution is 0.660. The van der Waals surface area contributed by atoms with Gasteiger partial charge in [0.05, 0.1) is 11.0 Å². The third-order valence-corrected chi connectivity index (χ3v) is 16.0. The molecule has 0 bridgehead atoms. The lowest BCUT2D eigenvalue weighted by Crippen LogP contribution is -2.16. The van der Waals surface area contributed by atoms with Crippen molar-refractivity contribution in [2.45, 2.75) is 51.4 Å². The molecule has 0 unspecified atom stereocenters. The van der Waals surface area contributed by atoms with Crippen molar-refractivity contribution in [3.8, 4) is 39.1 Å². The Balaban J connectivity index is 0.984. The van der Waals surface area contributed by atoms with E-state index in [2.05, 4.69) is 243 Å². The van der Waals surface area contributed by atoms with Crippen LogP contribution in [0.4, 0.5) is 17.1 Å². The first-order valence-corrected chi connectivity index (χ1v) is 24.3. The third kappa shape index (κ3) is 5.52. The van der Waals surface area contributed by atoms with E-state index >= 15 is 0 Å². The van der Waals surface area contributed by atoms with E-state index in [1.807, 2.05) is 0 Å². The minimum Gasteiger partial charge on any atom is -0.310 e. The van der Waals surface area contributed by atoms with Crippen molar-refractivity contribution in [2.24, 2.45) is 0 Å². The Labute approximate surface area is 398 Å². The Morgan fingerprint density at radius 2 is 0.956 bits per heavy atom. The van der Waals surface area contributed by atoms with Gasteiger partial charge in [-0.3, -0.25) is 0 Å². The summed E-state index contributed by atoms with van der Waals surface area (Å²) in [5, 5.41) is 7.95. The molecule has 11 aromatic rings. The zero-order chi connectivity index (χ0) is 45.5. The lowest BCUT2D eigenvalue weighted by atomic mass is 9.82. The summed E-state index contributed by atoms with van der Waals surface area (Å²) in [5.74, 6) is 0. The quantitative estimate of drug-likeness (QED) is 0.156. The van der Waals surface area contributed by atoms with Gasteiger partial charge in [-0.1, -0.05) is 161 Å². The van der Waals surface area contributed by atoms with Crippen molar-refractivity contribution in [3.05, 3.63) is 234 Å². The minimum atomic E-state index is -0.125. The SMILES string of the molecule is CC1(C)c2ccccc2-c2ccc(N(c3ccc(-c4ccccc4)cc3)c3ccc(-n4c5cc6c(cc5c5cc7c8c(c9ccccc9c7cc54)C=CCC8)-c4ccccc4C6(C)C)cc3)cc21. The molecule has 0 amide bonds. The Bertz CT molecular complexity index is 3940. The lowest BCUT2D eigenvalue weighted by Gasteiger charge is -2.28. The highest BCUT2D eigenvalue weighted by Gasteiger charge is 2.37. The Morgan fingerprint density at radius 1 is 0.397 bits per heavy atom. The predicted octanol–water partition coefficient (Wildman–Crippen LogP) is 17.8. The first-order chi connectivity index (χ1) is 33.2. The minimum absolute atomic E-state index is 0.118. The fraction of sp³-hybridized carbons (Fsp3) is 0.121. The fourth-order valence-electron chi connectivity index (χ4n) is 12.6. The molecular weight excluding hydrogens is 821 g/mol. The smallest absolute Gasteiger partial charge is 0.0547 e. The van der Waals surface area contributed by atoms with Crippen molar-refractivity contribution >= 4 is 66.5 Å². The second-order valence-corrected chi connectivity index (χ2v) is 20.4. The molecule has 0 radical (unpaired) electrons. The predicted molar refractivity (Wildman–Crippen MR) is 288 cm³/mol. The molecule has 0 saturated heterocycles. The van der Waals surface area contributed by atoms with Crippen LogP contribution in [0.25, 0.3) is 88.5 Å². The van der Waals surface area contributed by atoms with E-state index in [-0.39, 0.29) is 10.8 Å². The van der Waals surface area contributed by atoms with E-state index < -0.39 is 0 Å². The number of rotatable bonds is 5. The van der Waals surface area contributed by atoms with Crippen LogP contribution in [0.15, 0.2) is 200 Å². The molecule has 2 nitrogen and oxygen atoms in total. The van der Waals surface area contributed by atoms with Crippen LogP contribution in [0.3, 0.4) is 0 Å². The molecule has 0 atom stereocenters. The van der Waals surface area contributed by atoms with Crippen LogP contribution in [0, 0.1) is 0 Å². The molecule has 1 aromatic heterocycles. The summed E-state index contributed by atoms with van der Waals surface area (Å²) >= 11 is 0. The van der Waals surface area contributed by atoms with E-state index in [0.717, 1.165) is 35.6 Å². The molecule has 0 fully saturated rings. The average molecular weight is 871 g/mol. The normalized spacial score (nSPS) is 14.8. The molecule has 0 saturated carbocycles. The van der Waals surface area contributed by atoms with Crippen molar-refractivity contribution < 1.29 is 0 Å². The Morgan fingerprint density at radius 3 is 1.69 bits per heavy atom. The van der Waals surface area contributed by atoms with Gasteiger partial charge in [0.25, 0.3) is 0 Å². The maximum absolute atomic E-state index is 2.55. The molecule has 0 aliphatic heterocycles. The summed E-state index contributed by atoms with van der Waals surface area (Å²) in [4.78, 5) is 2.44. The number of hydrogen-bond donors (Lipinski definition) is 0. The van der Waals surface area contributed by atoms with Crippen LogP contribution < -0.4 is 4.90 Å². The molecule has 0 N–H and O–H groups in total. The molecule has 68 heavy (non-hydrogen) atoms. The number of nitrogens with zero attached hydrogens (tertiary/aromatic N) is 2. The van der Waals surface area contributed by atoms with Crippen molar-refractivity contribution in [3.63, 3.8) is 0 Å². The molecule has 2 heteroatoms. The highest BCUT2D eigenvalue weighted by molar-refractivity contribution is 6.21. The Kier molecular flexibility index (Phi) is 8.24. The van der Waals surface area contributed by atoms with Crippen LogP contribution in [0.5, 0.6) is 0 Å². The van der Waals surface area contributed by atoms with Crippen LogP contribution in [-0.4, -0.2) is 4.57 Å². The van der Waals surface area contributed by atoms with E-state index in [0.29, 0.717) is 0 Å². The van der Waals surface area contributed by atoms with Gasteiger partial charge < -0.3 is 9.47 Å². The first kappa shape index (κ1) is 39.2. The summed E-state index contributed by atoms with van der Waals surface area (Å²) in [5.41, 5.74) is 22.9. The first-order valence-electron chi connectivity index (χ1n) is 24.3. The highest BCUT2D eigenvalue weighted by Crippen LogP contribution is 2.53. The van der Waals surface area contributed by atoms with Gasteiger partial charge in [-0.05, 0) is 174 Å². The van der Waals surface area contributed by atoms with E-state index in [9.17, 15) is 0 Å². The summed E-state index contributed by atoms with van der Waals surface area (Å²) < 4.78 is 2.55. The number of allylic oxidation sites excluding steroid dienone is 1. The number of hydrogen-bond acceptors (Lipinski definition) is 1. The summed E-state index contributed by atoms with van der Waals surface area (Å²) in [6.45, 7) is 9.53. The second-order valence-electron chi connectivity index (χ2n) is 20.4. The molecule has 1 heterocycles. The zero-order valence-corrected chi connectivity index (χ0v) is 38.9. The number of aromatic nitrogens is 1. The van der Waals surface area contributed by atoms with E-state index in [4.69, 9.17) is 0 Å². The summed E-state index contributed by atoms with van der Waals surface area (Å²) in [7, 11) is 0. The van der Waals surface area contributed by atoms with Gasteiger partial charge >= 0.3 is 0 Å². The zero-order valence-electron chi connectivity index (χ0n) is 38.9. The van der Waals surface area contributed by atoms with Gasteiger partial charge in [-0.15, -0.1) is 0 Å². The van der Waals surface area contributed by atoms with E-state index in [1.54, 1.807) is 0 Å². The van der Waals surface area contributed by atoms with Gasteiger partial charge in [-0.25, -0.2) is 0 Å². The molecule has 14 rings (SSSR count). The monoisotopic (exact) mass is 870 g/mol. The van der Waals surface area contributed by atoms with Crippen molar-refractivity contribution in [1.29, 1.82) is 0 Å². The summed E-state index contributed by atoms with van der Waals surface area (Å²) in [6, 6.07) is 73.3. The average Bonchev–Trinajstić information content (AvgIpc) is 3.91. The molecule has 10 aromatic carbocycles. The van der Waals surface area contributed by atoms with E-state index in [1.165, 1.54) is 110 Å². The van der Waals surface area contributed by atoms with Crippen molar-refractivity contribution in [1.82, 2.24) is 4.57 Å². The topological polar surface area (TPSA) is 8.17 Å². The van der Waals surface area contributed by atoms with Crippen LogP contribution >= 0.6 is 0 Å². The molecule has 3 aliphatic carbocycles. The molecular formula is C66H50N2.